The van der Waals surface area contributed by atoms with Crippen LogP contribution in [0.15, 0.2) is 30.3 Å². The van der Waals surface area contributed by atoms with Crippen LogP contribution in [0.5, 0.6) is 28.7 Å². The molecular formula is C31H32F5NO8. The summed E-state index contributed by atoms with van der Waals surface area (Å²) in [6.45, 7) is 5.07. The maximum absolute atomic E-state index is 13.9. The summed E-state index contributed by atoms with van der Waals surface area (Å²) in [6.07, 6.45) is -6.79. The highest BCUT2D eigenvalue weighted by Gasteiger charge is 2.50. The smallest absolute Gasteiger partial charge is 0.492 e. The van der Waals surface area contributed by atoms with Crippen LogP contribution < -0.4 is 29.0 Å². The maximum atomic E-state index is 13.9. The molecule has 14 heteroatoms. The minimum atomic E-state index is -4.91. The number of nitrogens with one attached hydrogen (secondary N) is 1. The second-order valence-corrected chi connectivity index (χ2v) is 12.3. The first-order valence-electron chi connectivity index (χ1n) is 14.8. The number of rotatable bonds is 6. The van der Waals surface area contributed by atoms with Gasteiger partial charge in [0.25, 0.3) is 0 Å². The van der Waals surface area contributed by atoms with Crippen LogP contribution in [0.2, 0.25) is 0 Å². The van der Waals surface area contributed by atoms with Gasteiger partial charge in [-0.25, -0.2) is 0 Å². The molecular weight excluding hydrogens is 609 g/mol. The Kier molecular flexibility index (Phi) is 7.67. The highest BCUT2D eigenvalue weighted by atomic mass is 19.4. The van der Waals surface area contributed by atoms with Crippen molar-refractivity contribution in [3.05, 3.63) is 41.5 Å². The molecule has 0 aromatic heterocycles. The number of carbonyl (C=O) groups excluding carboxylic acids is 2. The fourth-order valence-corrected chi connectivity index (χ4v) is 6.49. The van der Waals surface area contributed by atoms with E-state index in [1.807, 2.05) is 0 Å². The number of ether oxygens (including phenoxy) is 6. The summed E-state index contributed by atoms with van der Waals surface area (Å²) in [4.78, 5) is 26.4. The summed E-state index contributed by atoms with van der Waals surface area (Å²) in [5, 5.41) is 3.01. The molecule has 1 aliphatic carbocycles. The molecule has 6 rings (SSSR count). The van der Waals surface area contributed by atoms with Gasteiger partial charge in [-0.3, -0.25) is 9.59 Å². The van der Waals surface area contributed by atoms with E-state index in [0.717, 1.165) is 12.1 Å². The van der Waals surface area contributed by atoms with Crippen LogP contribution >= 0.6 is 0 Å². The number of hydrogen-bond acceptors (Lipinski definition) is 8. The van der Waals surface area contributed by atoms with Crippen LogP contribution in [0, 0.1) is 11.8 Å². The van der Waals surface area contributed by atoms with Crippen molar-refractivity contribution in [2.45, 2.75) is 89.2 Å². The molecule has 9 nitrogen and oxygen atoms in total. The van der Waals surface area contributed by atoms with Gasteiger partial charge in [0.2, 0.25) is 5.91 Å². The number of benzene rings is 2. The van der Waals surface area contributed by atoms with Crippen molar-refractivity contribution in [3.63, 3.8) is 0 Å². The van der Waals surface area contributed by atoms with Gasteiger partial charge in [0.1, 0.15) is 35.4 Å². The van der Waals surface area contributed by atoms with Crippen molar-refractivity contribution in [1.82, 2.24) is 5.32 Å². The Labute approximate surface area is 255 Å². The molecule has 4 aliphatic rings. The lowest BCUT2D eigenvalue weighted by atomic mass is 9.76. The molecule has 1 amide bonds. The molecule has 1 saturated carbocycles. The van der Waals surface area contributed by atoms with Gasteiger partial charge in [-0.2, -0.15) is 0 Å². The summed E-state index contributed by atoms with van der Waals surface area (Å²) in [7, 11) is 0. The molecule has 1 fully saturated rings. The van der Waals surface area contributed by atoms with Crippen LogP contribution in [0.1, 0.15) is 70.0 Å². The summed E-state index contributed by atoms with van der Waals surface area (Å²) in [6, 6.07) is 5.58. The lowest BCUT2D eigenvalue weighted by Crippen LogP contribution is -2.47. The molecule has 0 unspecified atom stereocenters. The lowest BCUT2D eigenvalue weighted by molar-refractivity contribution is -0.286. The normalized spacial score (nSPS) is 27.9. The minimum absolute atomic E-state index is 0.0413. The van der Waals surface area contributed by atoms with Crippen LogP contribution in [0.4, 0.5) is 22.0 Å². The van der Waals surface area contributed by atoms with E-state index in [-0.39, 0.29) is 53.5 Å². The van der Waals surface area contributed by atoms with Gasteiger partial charge in [0, 0.05) is 29.7 Å². The molecule has 2 aromatic carbocycles. The summed E-state index contributed by atoms with van der Waals surface area (Å²) in [5.74, 6) is -1.61. The van der Waals surface area contributed by atoms with Crippen molar-refractivity contribution >= 4 is 11.9 Å². The quantitative estimate of drug-likeness (QED) is 0.289. The highest BCUT2D eigenvalue weighted by molar-refractivity contribution is 5.90. The first-order chi connectivity index (χ1) is 21.1. The molecule has 0 saturated heterocycles. The predicted octanol–water partition coefficient (Wildman–Crippen LogP) is 6.32. The van der Waals surface area contributed by atoms with Gasteiger partial charge in [-0.05, 0) is 70.6 Å². The standard InChI is InChI=1S/C31H32F5NO8/c1-15(2)41-27(38)17-6-4-16(5-7-17)22-12-21(19-9-8-18(10-23(19)42-22)43-30(32,33)34)37-28(39)29(3)14-40-24-13-26-25(11-20(24)29)44-31(35,36)45-26/h8-11,13,15-17,21-22H,4-7,12,14H2,1-3H3,(H,37,39)/t16?,17?,21-,22-,29+/m1/s1. The zero-order valence-corrected chi connectivity index (χ0v) is 24.7. The fraction of sp³-hybridized carbons (Fsp3) is 0.548. The summed E-state index contributed by atoms with van der Waals surface area (Å²) in [5.41, 5.74) is -0.533. The molecule has 2 aromatic rings. The number of amides is 1. The van der Waals surface area contributed by atoms with E-state index in [1.165, 1.54) is 18.2 Å². The van der Waals surface area contributed by atoms with E-state index in [2.05, 4.69) is 19.5 Å². The number of hydrogen-bond donors (Lipinski definition) is 1. The van der Waals surface area contributed by atoms with Crippen LogP contribution in [0.3, 0.4) is 0 Å². The van der Waals surface area contributed by atoms with Crippen molar-refractivity contribution in [2.75, 3.05) is 6.61 Å². The van der Waals surface area contributed by atoms with Gasteiger partial charge < -0.3 is 33.7 Å². The number of esters is 1. The Morgan fingerprint density at radius 3 is 2.33 bits per heavy atom. The summed E-state index contributed by atoms with van der Waals surface area (Å²) >= 11 is 0. The molecule has 0 bridgehead atoms. The first kappa shape index (κ1) is 31.0. The van der Waals surface area contributed by atoms with Gasteiger partial charge in [-0.15, -0.1) is 22.0 Å². The molecule has 1 N–H and O–H groups in total. The van der Waals surface area contributed by atoms with E-state index in [4.69, 9.17) is 14.2 Å². The van der Waals surface area contributed by atoms with E-state index >= 15 is 0 Å². The Morgan fingerprint density at radius 2 is 1.67 bits per heavy atom. The van der Waals surface area contributed by atoms with Crippen molar-refractivity contribution in [3.8, 4) is 28.7 Å². The average Bonchev–Trinajstić information content (AvgIpc) is 3.44. The van der Waals surface area contributed by atoms with Crippen LogP contribution in [-0.4, -0.2) is 43.3 Å². The second kappa shape index (κ2) is 11.1. The SMILES string of the molecule is CC(C)OC(=O)C1CCC([C@H]2C[C@@H](NC(=O)[C@@]3(C)COc4cc5c(cc43)OC(F)(F)O5)c3ccc(OC(F)(F)F)cc3O2)CC1. The van der Waals surface area contributed by atoms with E-state index < -0.39 is 41.9 Å². The second-order valence-electron chi connectivity index (χ2n) is 12.3. The van der Waals surface area contributed by atoms with Gasteiger partial charge in [0.15, 0.2) is 11.5 Å². The minimum Gasteiger partial charge on any atom is -0.492 e. The fourth-order valence-electron chi connectivity index (χ4n) is 6.49. The highest BCUT2D eigenvalue weighted by Crippen LogP contribution is 2.50. The Morgan fingerprint density at radius 1 is 0.978 bits per heavy atom. The number of fused-ring (bicyclic) bond motifs is 3. The molecule has 45 heavy (non-hydrogen) atoms. The molecule has 244 valence electrons. The van der Waals surface area contributed by atoms with Gasteiger partial charge in [0.05, 0.1) is 18.1 Å². The molecule has 3 heterocycles. The average molecular weight is 642 g/mol. The van der Waals surface area contributed by atoms with Crippen LogP contribution in [-0.2, 0) is 19.7 Å². The van der Waals surface area contributed by atoms with Crippen LogP contribution in [0.25, 0.3) is 0 Å². The Bertz CT molecular complexity index is 1490. The Balaban J connectivity index is 1.23. The van der Waals surface area contributed by atoms with E-state index in [1.54, 1.807) is 20.8 Å². The first-order valence-corrected chi connectivity index (χ1v) is 14.8. The maximum Gasteiger partial charge on any atom is 0.586 e. The number of halogens is 5. The third-order valence-corrected chi connectivity index (χ3v) is 8.74. The van der Waals surface area contributed by atoms with Crippen molar-refractivity contribution in [1.29, 1.82) is 0 Å². The lowest BCUT2D eigenvalue weighted by Gasteiger charge is -2.40. The third kappa shape index (κ3) is 6.28. The third-order valence-electron chi connectivity index (χ3n) is 8.74. The number of carbonyl (C=O) groups is 2. The van der Waals surface area contributed by atoms with Crippen molar-refractivity contribution in [2.24, 2.45) is 11.8 Å². The van der Waals surface area contributed by atoms with Gasteiger partial charge >= 0.3 is 18.6 Å². The molecule has 0 spiro atoms. The van der Waals surface area contributed by atoms with E-state index in [0.29, 0.717) is 43.2 Å². The molecule has 3 atom stereocenters. The molecule has 0 radical (unpaired) electrons. The van der Waals surface area contributed by atoms with Gasteiger partial charge in [-0.1, -0.05) is 0 Å². The number of alkyl halides is 5. The largest absolute Gasteiger partial charge is 0.586 e. The topological polar surface area (TPSA) is 102 Å². The summed E-state index contributed by atoms with van der Waals surface area (Å²) < 4.78 is 96.8. The monoisotopic (exact) mass is 641 g/mol. The zero-order valence-electron chi connectivity index (χ0n) is 24.7. The molecule has 3 aliphatic heterocycles. The van der Waals surface area contributed by atoms with Crippen molar-refractivity contribution < 1.29 is 60.0 Å². The zero-order chi connectivity index (χ0) is 32.3. The van der Waals surface area contributed by atoms with E-state index in [9.17, 15) is 31.5 Å². The Hall–Kier alpha value is -3.97. The predicted molar refractivity (Wildman–Crippen MR) is 145 cm³/mol.